The van der Waals surface area contributed by atoms with Crippen molar-refractivity contribution in [1.82, 2.24) is 10.2 Å². The molecule has 0 aromatic heterocycles. The summed E-state index contributed by atoms with van der Waals surface area (Å²) < 4.78 is 0. The second-order valence-electron chi connectivity index (χ2n) is 7.31. The number of aliphatic hydroxyl groups excluding tert-OH is 1. The molecule has 1 aliphatic carbocycles. The molecule has 3 N–H and O–H groups in total. The van der Waals surface area contributed by atoms with Gasteiger partial charge in [0, 0.05) is 17.9 Å². The zero-order valence-electron chi connectivity index (χ0n) is 13.7. The molecule has 2 saturated heterocycles. The van der Waals surface area contributed by atoms with E-state index < -0.39 is 6.04 Å². The van der Waals surface area contributed by atoms with Gasteiger partial charge in [-0.2, -0.15) is 0 Å². The summed E-state index contributed by atoms with van der Waals surface area (Å²) in [7, 11) is 0. The molecule has 1 amide bonds. The first-order chi connectivity index (χ1) is 10.4. The number of carbonyl (C=O) groups excluding carboxylic acids is 1. The number of fused-ring (bicyclic) bond motifs is 3. The molecule has 5 atom stereocenters. The third-order valence-corrected chi connectivity index (χ3v) is 6.38. The highest BCUT2D eigenvalue weighted by molar-refractivity contribution is 6.00. The molecule has 0 spiro atoms. The van der Waals surface area contributed by atoms with Crippen LogP contribution in [0.15, 0.2) is 12.3 Å². The number of rotatable bonds is 5. The van der Waals surface area contributed by atoms with E-state index in [1.165, 1.54) is 0 Å². The maximum atomic E-state index is 13.1. The Morgan fingerprint density at radius 3 is 2.68 bits per heavy atom. The molecule has 3 fully saturated rings. The molecule has 2 aliphatic heterocycles. The van der Waals surface area contributed by atoms with E-state index in [-0.39, 0.29) is 23.1 Å². The quantitative estimate of drug-likeness (QED) is 0.683. The van der Waals surface area contributed by atoms with Crippen molar-refractivity contribution in [2.75, 3.05) is 0 Å². The summed E-state index contributed by atoms with van der Waals surface area (Å²) in [5.41, 5.74) is -0.379. The minimum atomic E-state index is -0.429. The predicted octanol–water partition coefficient (Wildman–Crippen LogP) is 2.44. The van der Waals surface area contributed by atoms with Crippen molar-refractivity contribution < 1.29 is 9.90 Å². The van der Waals surface area contributed by atoms with Crippen LogP contribution in [-0.4, -0.2) is 39.9 Å². The Kier molecular flexibility index (Phi) is 3.49. The zero-order chi connectivity index (χ0) is 16.2. The lowest BCUT2D eigenvalue weighted by atomic mass is 9.71. The third kappa shape index (κ3) is 1.97. The van der Waals surface area contributed by atoms with Crippen LogP contribution in [0.2, 0.25) is 0 Å². The van der Waals surface area contributed by atoms with E-state index in [0.717, 1.165) is 19.3 Å². The first-order valence-electron chi connectivity index (χ1n) is 8.40. The van der Waals surface area contributed by atoms with E-state index in [1.54, 1.807) is 0 Å². The highest BCUT2D eigenvalue weighted by Crippen LogP contribution is 2.55. The number of amides is 1. The zero-order valence-corrected chi connectivity index (χ0v) is 13.7. The van der Waals surface area contributed by atoms with E-state index >= 15 is 0 Å². The fourth-order valence-corrected chi connectivity index (χ4v) is 4.77. The Labute approximate surface area is 132 Å². The third-order valence-electron chi connectivity index (χ3n) is 6.38. The number of nitrogens with zero attached hydrogens (tertiary/aromatic N) is 1. The number of hydrogen-bond donors (Lipinski definition) is 3. The number of hydrogen-bond acceptors (Lipinski definition) is 3. The van der Waals surface area contributed by atoms with Crippen LogP contribution in [0.1, 0.15) is 46.5 Å². The van der Waals surface area contributed by atoms with Gasteiger partial charge in [0.25, 0.3) is 0 Å². The molecule has 2 heterocycles. The van der Waals surface area contributed by atoms with Crippen molar-refractivity contribution in [3.8, 4) is 0 Å². The lowest BCUT2D eigenvalue weighted by Gasteiger charge is -2.47. The lowest BCUT2D eigenvalue weighted by molar-refractivity contribution is -0.139. The molecule has 22 heavy (non-hydrogen) atoms. The maximum Gasteiger partial charge on any atom is 0.246 e. The van der Waals surface area contributed by atoms with E-state index in [9.17, 15) is 9.90 Å². The lowest BCUT2D eigenvalue weighted by Crippen LogP contribution is -2.67. The Morgan fingerprint density at radius 2 is 2.14 bits per heavy atom. The minimum absolute atomic E-state index is 0.0568. The van der Waals surface area contributed by atoms with Gasteiger partial charge in [0.05, 0.1) is 11.8 Å². The van der Waals surface area contributed by atoms with Gasteiger partial charge in [-0.05, 0) is 31.1 Å². The molecule has 5 heteroatoms. The highest BCUT2D eigenvalue weighted by Gasteiger charge is 2.64. The molecule has 122 valence electrons. The second-order valence-corrected chi connectivity index (χ2v) is 7.31. The molecule has 4 unspecified atom stereocenters. The Bertz CT molecular complexity index is 526. The van der Waals surface area contributed by atoms with E-state index in [2.05, 4.69) is 18.8 Å². The minimum Gasteiger partial charge on any atom is -0.513 e. The fraction of sp³-hybridized carbons (Fsp3) is 0.765. The maximum absolute atomic E-state index is 13.1. The molecule has 0 aromatic rings. The van der Waals surface area contributed by atoms with Crippen molar-refractivity contribution in [2.45, 2.75) is 64.6 Å². The van der Waals surface area contributed by atoms with Crippen LogP contribution in [0.25, 0.3) is 0 Å². The Hall–Kier alpha value is -1.52. The molecule has 3 rings (SSSR count). The average Bonchev–Trinajstić information content (AvgIpc) is 2.93. The molecule has 0 bridgehead atoms. The molecule has 1 saturated carbocycles. The largest absolute Gasteiger partial charge is 0.513 e. The Morgan fingerprint density at radius 1 is 1.50 bits per heavy atom. The SMILES string of the molecule is C=C(O)CC(CC)(CC)[C@@H]1NC(=N)C2CC3C(C)C3N2C1=O. The molecule has 3 aliphatic rings. The molecule has 0 aromatic carbocycles. The first kappa shape index (κ1) is 15.4. The van der Waals surface area contributed by atoms with Gasteiger partial charge in [-0.1, -0.05) is 27.4 Å². The molecular weight excluding hydrogens is 278 g/mol. The topological polar surface area (TPSA) is 76.4 Å². The van der Waals surface area contributed by atoms with Crippen molar-refractivity contribution in [3.05, 3.63) is 12.3 Å². The fourth-order valence-electron chi connectivity index (χ4n) is 4.77. The molecule has 5 nitrogen and oxygen atoms in total. The average molecular weight is 305 g/mol. The summed E-state index contributed by atoms with van der Waals surface area (Å²) in [5.74, 6) is 1.84. The number of carbonyl (C=O) groups is 1. The van der Waals surface area contributed by atoms with Crippen molar-refractivity contribution in [1.29, 1.82) is 5.41 Å². The van der Waals surface area contributed by atoms with Crippen molar-refractivity contribution in [2.24, 2.45) is 17.3 Å². The van der Waals surface area contributed by atoms with Crippen LogP contribution in [0.4, 0.5) is 0 Å². The van der Waals surface area contributed by atoms with Crippen LogP contribution >= 0.6 is 0 Å². The number of allylic oxidation sites excluding steroid dienone is 1. The normalized spacial score (nSPS) is 36.7. The smallest absolute Gasteiger partial charge is 0.246 e. The summed E-state index contributed by atoms with van der Waals surface area (Å²) in [6, 6.07) is -0.161. The van der Waals surface area contributed by atoms with Crippen LogP contribution < -0.4 is 5.32 Å². The number of aliphatic hydroxyl groups is 1. The summed E-state index contributed by atoms with van der Waals surface area (Å²) >= 11 is 0. The number of piperidine rings is 1. The monoisotopic (exact) mass is 305 g/mol. The summed E-state index contributed by atoms with van der Waals surface area (Å²) in [4.78, 5) is 15.1. The number of piperazine rings is 1. The van der Waals surface area contributed by atoms with Crippen LogP contribution in [0.5, 0.6) is 0 Å². The molecular formula is C17H27N3O2. The second kappa shape index (κ2) is 5.00. The predicted molar refractivity (Wildman–Crippen MR) is 85.7 cm³/mol. The van der Waals surface area contributed by atoms with Gasteiger partial charge in [0.1, 0.15) is 11.9 Å². The highest BCUT2D eigenvalue weighted by atomic mass is 16.3. The molecule has 0 radical (unpaired) electrons. The van der Waals surface area contributed by atoms with Gasteiger partial charge in [-0.15, -0.1) is 0 Å². The van der Waals surface area contributed by atoms with Gasteiger partial charge in [0.2, 0.25) is 5.91 Å². The van der Waals surface area contributed by atoms with E-state index in [0.29, 0.717) is 30.1 Å². The first-order valence-corrected chi connectivity index (χ1v) is 8.40. The van der Waals surface area contributed by atoms with Gasteiger partial charge >= 0.3 is 0 Å². The van der Waals surface area contributed by atoms with Crippen molar-refractivity contribution >= 4 is 11.7 Å². The number of amidine groups is 1. The Balaban J connectivity index is 1.91. The number of nitrogens with one attached hydrogen (secondary N) is 2. The van der Waals surface area contributed by atoms with Crippen LogP contribution in [0, 0.1) is 22.7 Å². The van der Waals surface area contributed by atoms with Gasteiger partial charge in [0.15, 0.2) is 0 Å². The van der Waals surface area contributed by atoms with Gasteiger partial charge in [-0.25, -0.2) is 0 Å². The summed E-state index contributed by atoms with van der Waals surface area (Å²) in [6.07, 6.45) is 2.86. The van der Waals surface area contributed by atoms with Gasteiger partial charge < -0.3 is 15.3 Å². The van der Waals surface area contributed by atoms with Crippen LogP contribution in [0.3, 0.4) is 0 Å². The summed E-state index contributed by atoms with van der Waals surface area (Å²) in [6.45, 7) is 9.91. The summed E-state index contributed by atoms with van der Waals surface area (Å²) in [5, 5.41) is 21.2. The van der Waals surface area contributed by atoms with E-state index in [1.807, 2.05) is 18.7 Å². The standard InChI is InChI=1S/C17H27N3O2/c1-5-17(6-2,8-9(3)21)14-16(22)20-12(15(18)19-14)7-11-10(4)13(11)20/h10-14,21H,3,5-8H2,1-2,4H3,(H2,18,19)/t10?,11?,12?,13?,14-/m1/s1. The van der Waals surface area contributed by atoms with Gasteiger partial charge in [-0.3, -0.25) is 10.2 Å². The van der Waals surface area contributed by atoms with E-state index in [4.69, 9.17) is 5.41 Å². The van der Waals surface area contributed by atoms with Crippen LogP contribution in [-0.2, 0) is 4.79 Å². The van der Waals surface area contributed by atoms with Crippen molar-refractivity contribution in [3.63, 3.8) is 0 Å².